The molecule has 0 saturated carbocycles. The SMILES string of the molecule is Cc1cc(-c2nc3ccc(F)nc3o2)cnc1F. The molecule has 0 amide bonds. The van der Waals surface area contributed by atoms with Gasteiger partial charge in [-0.1, -0.05) is 0 Å². The molecule has 3 aromatic heterocycles. The van der Waals surface area contributed by atoms with Gasteiger partial charge < -0.3 is 4.42 Å². The minimum Gasteiger partial charge on any atom is -0.418 e. The number of oxazole rings is 1. The second-order valence-corrected chi connectivity index (χ2v) is 3.81. The van der Waals surface area contributed by atoms with Crippen LogP contribution in [0.5, 0.6) is 0 Å². The monoisotopic (exact) mass is 247 g/mol. The van der Waals surface area contributed by atoms with E-state index in [1.807, 2.05) is 0 Å². The zero-order valence-electron chi connectivity index (χ0n) is 9.32. The number of rotatable bonds is 1. The van der Waals surface area contributed by atoms with Crippen molar-refractivity contribution in [1.29, 1.82) is 0 Å². The average molecular weight is 247 g/mol. The minimum atomic E-state index is -0.640. The fraction of sp³-hybridized carbons (Fsp3) is 0.0833. The summed E-state index contributed by atoms with van der Waals surface area (Å²) in [7, 11) is 0. The van der Waals surface area contributed by atoms with Gasteiger partial charge in [-0.05, 0) is 25.1 Å². The summed E-state index contributed by atoms with van der Waals surface area (Å²) in [5.74, 6) is -0.948. The number of halogens is 2. The molecule has 3 rings (SSSR count). The van der Waals surface area contributed by atoms with Crippen molar-refractivity contribution in [3.05, 3.63) is 41.9 Å². The molecule has 0 aliphatic carbocycles. The quantitative estimate of drug-likeness (QED) is 0.620. The van der Waals surface area contributed by atoms with Gasteiger partial charge in [-0.25, -0.2) is 9.97 Å². The van der Waals surface area contributed by atoms with Crippen molar-refractivity contribution in [2.75, 3.05) is 0 Å². The van der Waals surface area contributed by atoms with Gasteiger partial charge in [0.2, 0.25) is 23.5 Å². The van der Waals surface area contributed by atoms with E-state index in [4.69, 9.17) is 4.42 Å². The topological polar surface area (TPSA) is 51.8 Å². The third-order valence-corrected chi connectivity index (χ3v) is 2.48. The van der Waals surface area contributed by atoms with Crippen molar-refractivity contribution in [2.24, 2.45) is 0 Å². The Labute approximate surface area is 100 Å². The largest absolute Gasteiger partial charge is 0.418 e. The lowest BCUT2D eigenvalue weighted by Crippen LogP contribution is -1.89. The second kappa shape index (κ2) is 3.83. The zero-order chi connectivity index (χ0) is 12.7. The first kappa shape index (κ1) is 10.8. The van der Waals surface area contributed by atoms with E-state index in [2.05, 4.69) is 15.0 Å². The summed E-state index contributed by atoms with van der Waals surface area (Å²) in [6, 6.07) is 4.22. The van der Waals surface area contributed by atoms with Crippen LogP contribution in [-0.2, 0) is 0 Å². The Balaban J connectivity index is 2.16. The fourth-order valence-corrected chi connectivity index (χ4v) is 1.59. The molecule has 3 aromatic rings. The predicted molar refractivity (Wildman–Crippen MR) is 59.7 cm³/mol. The summed E-state index contributed by atoms with van der Waals surface area (Å²) < 4.78 is 31.3. The van der Waals surface area contributed by atoms with Gasteiger partial charge in [0, 0.05) is 11.8 Å². The lowest BCUT2D eigenvalue weighted by Gasteiger charge is -1.97. The van der Waals surface area contributed by atoms with E-state index in [0.29, 0.717) is 16.6 Å². The van der Waals surface area contributed by atoms with Crippen LogP contribution in [0.15, 0.2) is 28.8 Å². The molecule has 0 N–H and O–H groups in total. The Morgan fingerprint density at radius 3 is 2.78 bits per heavy atom. The summed E-state index contributed by atoms with van der Waals surface area (Å²) in [5, 5.41) is 0. The molecule has 0 aromatic carbocycles. The smallest absolute Gasteiger partial charge is 0.250 e. The predicted octanol–water partition coefficient (Wildman–Crippen LogP) is 2.87. The van der Waals surface area contributed by atoms with Crippen LogP contribution in [0.1, 0.15) is 5.56 Å². The van der Waals surface area contributed by atoms with Crippen LogP contribution < -0.4 is 0 Å². The number of nitrogens with zero attached hydrogens (tertiary/aromatic N) is 3. The van der Waals surface area contributed by atoms with E-state index in [1.165, 1.54) is 18.3 Å². The third-order valence-electron chi connectivity index (χ3n) is 2.48. The van der Waals surface area contributed by atoms with Gasteiger partial charge in [0.1, 0.15) is 5.52 Å². The molecule has 3 heterocycles. The highest BCUT2D eigenvalue weighted by Gasteiger charge is 2.11. The van der Waals surface area contributed by atoms with Crippen LogP contribution in [0.4, 0.5) is 8.78 Å². The standard InChI is InChI=1S/C12H7F2N3O/c1-6-4-7(5-15-10(6)14)11-16-8-2-3-9(13)17-12(8)18-11/h2-5H,1H3. The lowest BCUT2D eigenvalue weighted by atomic mass is 10.2. The zero-order valence-corrected chi connectivity index (χ0v) is 9.32. The van der Waals surface area contributed by atoms with E-state index in [0.717, 1.165) is 0 Å². The van der Waals surface area contributed by atoms with Crippen molar-refractivity contribution in [3.8, 4) is 11.5 Å². The number of hydrogen-bond acceptors (Lipinski definition) is 4. The molecule has 0 spiro atoms. The Morgan fingerprint density at radius 2 is 2.00 bits per heavy atom. The van der Waals surface area contributed by atoms with Crippen LogP contribution in [0, 0.1) is 18.8 Å². The van der Waals surface area contributed by atoms with Crippen molar-refractivity contribution in [2.45, 2.75) is 6.92 Å². The van der Waals surface area contributed by atoms with Crippen LogP contribution in [-0.4, -0.2) is 15.0 Å². The van der Waals surface area contributed by atoms with Gasteiger partial charge in [0.15, 0.2) is 0 Å². The number of pyridine rings is 2. The first-order valence-corrected chi connectivity index (χ1v) is 5.19. The Morgan fingerprint density at radius 1 is 1.17 bits per heavy atom. The highest BCUT2D eigenvalue weighted by Crippen LogP contribution is 2.23. The van der Waals surface area contributed by atoms with Crippen LogP contribution in [0.25, 0.3) is 22.7 Å². The second-order valence-electron chi connectivity index (χ2n) is 3.81. The van der Waals surface area contributed by atoms with Crippen LogP contribution in [0.2, 0.25) is 0 Å². The maximum absolute atomic E-state index is 13.0. The van der Waals surface area contributed by atoms with E-state index in [-0.39, 0.29) is 11.6 Å². The van der Waals surface area contributed by atoms with Crippen molar-refractivity contribution in [1.82, 2.24) is 15.0 Å². The Hall–Kier alpha value is -2.37. The van der Waals surface area contributed by atoms with Gasteiger partial charge in [-0.3, -0.25) is 0 Å². The van der Waals surface area contributed by atoms with Gasteiger partial charge in [-0.2, -0.15) is 13.8 Å². The molecule has 6 heteroatoms. The first-order chi connectivity index (χ1) is 8.63. The number of hydrogen-bond donors (Lipinski definition) is 0. The highest BCUT2D eigenvalue weighted by atomic mass is 19.1. The normalized spacial score (nSPS) is 11.1. The molecule has 0 aliphatic rings. The molecule has 0 unspecified atom stereocenters. The molecule has 18 heavy (non-hydrogen) atoms. The summed E-state index contributed by atoms with van der Waals surface area (Å²) in [6.07, 6.45) is 1.31. The molecule has 90 valence electrons. The molecule has 0 atom stereocenters. The first-order valence-electron chi connectivity index (χ1n) is 5.19. The van der Waals surface area contributed by atoms with E-state index < -0.39 is 11.9 Å². The van der Waals surface area contributed by atoms with Crippen LogP contribution >= 0.6 is 0 Å². The lowest BCUT2D eigenvalue weighted by molar-refractivity contribution is 0.557. The summed E-state index contributed by atoms with van der Waals surface area (Å²) in [4.78, 5) is 11.3. The number of aryl methyl sites for hydroxylation is 1. The maximum Gasteiger partial charge on any atom is 0.250 e. The van der Waals surface area contributed by atoms with Crippen LogP contribution in [0.3, 0.4) is 0 Å². The summed E-state index contributed by atoms with van der Waals surface area (Å²) in [6.45, 7) is 1.59. The molecule has 4 nitrogen and oxygen atoms in total. The van der Waals surface area contributed by atoms with Crippen molar-refractivity contribution in [3.63, 3.8) is 0 Å². The number of aromatic nitrogens is 3. The molecule has 0 aliphatic heterocycles. The summed E-state index contributed by atoms with van der Waals surface area (Å²) >= 11 is 0. The van der Waals surface area contributed by atoms with Gasteiger partial charge >= 0.3 is 0 Å². The molecular weight excluding hydrogens is 240 g/mol. The average Bonchev–Trinajstić information content (AvgIpc) is 2.75. The van der Waals surface area contributed by atoms with Gasteiger partial charge in [0.25, 0.3) is 0 Å². The van der Waals surface area contributed by atoms with Crippen molar-refractivity contribution >= 4 is 11.2 Å². The molecule has 0 saturated heterocycles. The maximum atomic E-state index is 13.0. The van der Waals surface area contributed by atoms with E-state index in [1.54, 1.807) is 13.0 Å². The molecular formula is C12H7F2N3O. The summed E-state index contributed by atoms with van der Waals surface area (Å²) in [5.41, 5.74) is 1.45. The van der Waals surface area contributed by atoms with Gasteiger partial charge in [0.05, 0.1) is 5.56 Å². The van der Waals surface area contributed by atoms with E-state index >= 15 is 0 Å². The fourth-order valence-electron chi connectivity index (χ4n) is 1.59. The Kier molecular flexibility index (Phi) is 2.29. The molecule has 0 radical (unpaired) electrons. The minimum absolute atomic E-state index is 0.104. The number of fused-ring (bicyclic) bond motifs is 1. The highest BCUT2D eigenvalue weighted by molar-refractivity contribution is 5.72. The van der Waals surface area contributed by atoms with Crippen molar-refractivity contribution < 1.29 is 13.2 Å². The van der Waals surface area contributed by atoms with Gasteiger partial charge in [-0.15, -0.1) is 0 Å². The third kappa shape index (κ3) is 1.71. The molecule has 0 fully saturated rings. The van der Waals surface area contributed by atoms with E-state index in [9.17, 15) is 8.78 Å². The Bertz CT molecular complexity index is 739. The molecule has 0 bridgehead atoms.